The van der Waals surface area contributed by atoms with Crippen LogP contribution in [0.15, 0.2) is 0 Å². The predicted octanol–water partition coefficient (Wildman–Crippen LogP) is 4.03. The van der Waals surface area contributed by atoms with Crippen molar-refractivity contribution in [3.8, 4) is 0 Å². The van der Waals surface area contributed by atoms with Gasteiger partial charge in [-0.3, -0.25) is 4.79 Å². The maximum Gasteiger partial charge on any atom is 0.302 e. The Morgan fingerprint density at radius 2 is 1.62 bits per heavy atom. The number of thioether (sulfide) groups is 1. The highest BCUT2D eigenvalue weighted by atomic mass is 32.2. The van der Waals surface area contributed by atoms with Gasteiger partial charge >= 0.3 is 5.97 Å². The van der Waals surface area contributed by atoms with Gasteiger partial charge in [-0.25, -0.2) is 0 Å². The lowest BCUT2D eigenvalue weighted by atomic mass is 10.1. The molecule has 0 heterocycles. The first-order chi connectivity index (χ1) is 7.77. The summed E-state index contributed by atoms with van der Waals surface area (Å²) >= 11 is 2.07. The highest BCUT2D eigenvalue weighted by Gasteiger charge is 1.94. The Labute approximate surface area is 105 Å². The summed E-state index contributed by atoms with van der Waals surface area (Å²) < 4.78 is 4.87. The van der Waals surface area contributed by atoms with Crippen molar-refractivity contribution in [2.24, 2.45) is 0 Å². The SMILES string of the molecule is CCCSCCCCCCCCOC(C)=O. The van der Waals surface area contributed by atoms with Crippen molar-refractivity contribution in [1.82, 2.24) is 0 Å². The minimum absolute atomic E-state index is 0.159. The van der Waals surface area contributed by atoms with Crippen LogP contribution in [0.3, 0.4) is 0 Å². The van der Waals surface area contributed by atoms with Gasteiger partial charge in [0.1, 0.15) is 0 Å². The van der Waals surface area contributed by atoms with E-state index in [1.165, 1.54) is 57.0 Å². The lowest BCUT2D eigenvalue weighted by Gasteiger charge is -2.02. The molecule has 0 saturated heterocycles. The molecule has 0 aliphatic carbocycles. The standard InChI is InChI=1S/C13H26O2S/c1-3-11-16-12-9-7-5-4-6-8-10-15-13(2)14/h3-12H2,1-2H3. The summed E-state index contributed by atoms with van der Waals surface area (Å²) in [6.07, 6.45) is 8.81. The molecule has 0 unspecified atom stereocenters. The van der Waals surface area contributed by atoms with Crippen LogP contribution >= 0.6 is 11.8 Å². The summed E-state index contributed by atoms with van der Waals surface area (Å²) in [5.74, 6) is 2.47. The van der Waals surface area contributed by atoms with E-state index in [0.717, 1.165) is 6.42 Å². The van der Waals surface area contributed by atoms with Crippen molar-refractivity contribution in [2.45, 2.75) is 58.8 Å². The number of ether oxygens (including phenoxy) is 1. The highest BCUT2D eigenvalue weighted by Crippen LogP contribution is 2.10. The van der Waals surface area contributed by atoms with E-state index < -0.39 is 0 Å². The fourth-order valence-electron chi connectivity index (χ4n) is 1.48. The molecular formula is C13H26O2S. The van der Waals surface area contributed by atoms with Crippen LogP contribution in [0.2, 0.25) is 0 Å². The highest BCUT2D eigenvalue weighted by molar-refractivity contribution is 7.99. The monoisotopic (exact) mass is 246 g/mol. The van der Waals surface area contributed by atoms with E-state index >= 15 is 0 Å². The number of carbonyl (C=O) groups excluding carboxylic acids is 1. The fourth-order valence-corrected chi connectivity index (χ4v) is 2.38. The summed E-state index contributed by atoms with van der Waals surface area (Å²) in [5, 5.41) is 0. The number of hydrogen-bond acceptors (Lipinski definition) is 3. The zero-order valence-corrected chi connectivity index (χ0v) is 11.6. The van der Waals surface area contributed by atoms with Gasteiger partial charge in [0, 0.05) is 6.92 Å². The predicted molar refractivity (Wildman–Crippen MR) is 72.0 cm³/mol. The summed E-state index contributed by atoms with van der Waals surface area (Å²) in [5.41, 5.74) is 0. The maximum atomic E-state index is 10.5. The molecule has 0 fully saturated rings. The van der Waals surface area contributed by atoms with Crippen LogP contribution in [0.1, 0.15) is 58.8 Å². The molecular weight excluding hydrogens is 220 g/mol. The first-order valence-electron chi connectivity index (χ1n) is 6.48. The van der Waals surface area contributed by atoms with Gasteiger partial charge in [-0.1, -0.05) is 32.6 Å². The van der Waals surface area contributed by atoms with Gasteiger partial charge in [-0.05, 0) is 30.8 Å². The topological polar surface area (TPSA) is 26.3 Å². The van der Waals surface area contributed by atoms with Crippen LogP contribution in [0.4, 0.5) is 0 Å². The molecule has 0 aromatic heterocycles. The normalized spacial score (nSPS) is 10.4. The number of hydrogen-bond donors (Lipinski definition) is 0. The van der Waals surface area contributed by atoms with Crippen molar-refractivity contribution in [3.05, 3.63) is 0 Å². The molecule has 0 radical (unpaired) electrons. The molecule has 0 saturated carbocycles. The van der Waals surface area contributed by atoms with Gasteiger partial charge in [0.05, 0.1) is 6.61 Å². The third kappa shape index (κ3) is 13.8. The molecule has 0 N–H and O–H groups in total. The van der Waals surface area contributed by atoms with Crippen molar-refractivity contribution < 1.29 is 9.53 Å². The molecule has 0 spiro atoms. The van der Waals surface area contributed by atoms with Crippen LogP contribution in [-0.4, -0.2) is 24.1 Å². The minimum atomic E-state index is -0.159. The van der Waals surface area contributed by atoms with Crippen LogP contribution in [0.5, 0.6) is 0 Å². The Morgan fingerprint density at radius 1 is 1.00 bits per heavy atom. The molecule has 0 aromatic rings. The molecule has 0 aliphatic rings. The van der Waals surface area contributed by atoms with E-state index in [-0.39, 0.29) is 5.97 Å². The molecule has 0 bridgehead atoms. The summed E-state index contributed by atoms with van der Waals surface area (Å²) in [7, 11) is 0. The number of esters is 1. The molecule has 0 atom stereocenters. The molecule has 96 valence electrons. The molecule has 16 heavy (non-hydrogen) atoms. The summed E-state index contributed by atoms with van der Waals surface area (Å²) in [6.45, 7) is 4.30. The van der Waals surface area contributed by atoms with Crippen molar-refractivity contribution >= 4 is 17.7 Å². The average Bonchev–Trinajstić information content (AvgIpc) is 2.25. The fraction of sp³-hybridized carbons (Fsp3) is 0.923. The largest absolute Gasteiger partial charge is 0.466 e. The van der Waals surface area contributed by atoms with Crippen molar-refractivity contribution in [1.29, 1.82) is 0 Å². The molecule has 3 heteroatoms. The summed E-state index contributed by atoms with van der Waals surface area (Å²) in [4.78, 5) is 10.5. The number of unbranched alkanes of at least 4 members (excludes halogenated alkanes) is 5. The molecule has 0 rings (SSSR count). The lowest BCUT2D eigenvalue weighted by molar-refractivity contribution is -0.141. The second kappa shape index (κ2) is 12.9. The van der Waals surface area contributed by atoms with E-state index in [1.807, 2.05) is 0 Å². The van der Waals surface area contributed by atoms with Crippen LogP contribution in [0, 0.1) is 0 Å². The van der Waals surface area contributed by atoms with Crippen molar-refractivity contribution in [2.75, 3.05) is 18.1 Å². The second-order valence-corrected chi connectivity index (χ2v) is 5.30. The molecule has 0 aliphatic heterocycles. The van der Waals surface area contributed by atoms with E-state index in [0.29, 0.717) is 6.61 Å². The lowest BCUT2D eigenvalue weighted by Crippen LogP contribution is -2.00. The van der Waals surface area contributed by atoms with Gasteiger partial charge in [0.25, 0.3) is 0 Å². The minimum Gasteiger partial charge on any atom is -0.466 e. The second-order valence-electron chi connectivity index (χ2n) is 4.07. The van der Waals surface area contributed by atoms with Gasteiger partial charge < -0.3 is 4.74 Å². The van der Waals surface area contributed by atoms with Crippen molar-refractivity contribution in [3.63, 3.8) is 0 Å². The van der Waals surface area contributed by atoms with E-state index in [4.69, 9.17) is 4.74 Å². The maximum absolute atomic E-state index is 10.5. The van der Waals surface area contributed by atoms with E-state index in [1.54, 1.807) is 0 Å². The first kappa shape index (κ1) is 15.8. The Kier molecular flexibility index (Phi) is 12.7. The Balaban J connectivity index is 2.90. The number of rotatable bonds is 11. The zero-order chi connectivity index (χ0) is 12.1. The Bertz CT molecular complexity index is 160. The van der Waals surface area contributed by atoms with Crippen LogP contribution in [-0.2, 0) is 9.53 Å². The van der Waals surface area contributed by atoms with Gasteiger partial charge in [0.15, 0.2) is 0 Å². The summed E-state index contributed by atoms with van der Waals surface area (Å²) in [6, 6.07) is 0. The van der Waals surface area contributed by atoms with E-state index in [9.17, 15) is 4.79 Å². The zero-order valence-electron chi connectivity index (χ0n) is 10.8. The van der Waals surface area contributed by atoms with Crippen LogP contribution < -0.4 is 0 Å². The Hall–Kier alpha value is -0.180. The Morgan fingerprint density at radius 3 is 2.25 bits per heavy atom. The quantitative estimate of drug-likeness (QED) is 0.406. The third-order valence-electron chi connectivity index (χ3n) is 2.34. The van der Waals surface area contributed by atoms with Crippen LogP contribution in [0.25, 0.3) is 0 Å². The van der Waals surface area contributed by atoms with E-state index in [2.05, 4.69) is 18.7 Å². The third-order valence-corrected chi connectivity index (χ3v) is 3.61. The smallest absolute Gasteiger partial charge is 0.302 e. The number of carbonyl (C=O) groups is 1. The molecule has 2 nitrogen and oxygen atoms in total. The van der Waals surface area contributed by atoms with Gasteiger partial charge in [-0.15, -0.1) is 0 Å². The van der Waals surface area contributed by atoms with Gasteiger partial charge in [0.2, 0.25) is 0 Å². The van der Waals surface area contributed by atoms with Gasteiger partial charge in [-0.2, -0.15) is 11.8 Å². The first-order valence-corrected chi connectivity index (χ1v) is 7.64. The average molecular weight is 246 g/mol. The molecule has 0 aromatic carbocycles. The molecule has 0 amide bonds.